The number of H-pyrrole nitrogens is 1. The third-order valence-corrected chi connectivity index (χ3v) is 3.42. The lowest BCUT2D eigenvalue weighted by Crippen LogP contribution is -2.09. The van der Waals surface area contributed by atoms with Crippen LogP contribution in [0.1, 0.15) is 5.89 Å². The molecule has 102 valence electrons. The molecule has 0 fully saturated rings. The number of aromatic amines is 1. The van der Waals surface area contributed by atoms with Crippen molar-refractivity contribution in [2.75, 3.05) is 11.5 Å². The SMILES string of the molecule is Nc1cc(=O)[nH]c(SCc2nc3c(N)cccc3o2)n1. The Hall–Kier alpha value is -2.48. The molecule has 3 aromatic rings. The van der Waals surface area contributed by atoms with Crippen LogP contribution >= 0.6 is 11.8 Å². The van der Waals surface area contributed by atoms with Gasteiger partial charge in [-0.05, 0) is 12.1 Å². The zero-order chi connectivity index (χ0) is 14.1. The minimum atomic E-state index is -0.290. The summed E-state index contributed by atoms with van der Waals surface area (Å²) in [5.41, 5.74) is 12.9. The van der Waals surface area contributed by atoms with Gasteiger partial charge >= 0.3 is 0 Å². The molecule has 0 atom stereocenters. The summed E-state index contributed by atoms with van der Waals surface area (Å²) in [6.07, 6.45) is 0. The highest BCUT2D eigenvalue weighted by Crippen LogP contribution is 2.25. The normalized spacial score (nSPS) is 11.0. The average Bonchev–Trinajstić information content (AvgIpc) is 2.80. The first kappa shape index (κ1) is 12.5. The highest BCUT2D eigenvalue weighted by atomic mass is 32.2. The Morgan fingerprint density at radius 3 is 2.90 bits per heavy atom. The van der Waals surface area contributed by atoms with Gasteiger partial charge in [-0.1, -0.05) is 17.8 Å². The number of hydrogen-bond donors (Lipinski definition) is 3. The van der Waals surface area contributed by atoms with Crippen LogP contribution in [-0.4, -0.2) is 15.0 Å². The first-order valence-corrected chi connectivity index (χ1v) is 6.74. The van der Waals surface area contributed by atoms with Gasteiger partial charge in [0.1, 0.15) is 11.3 Å². The molecule has 3 rings (SSSR count). The number of fused-ring (bicyclic) bond motifs is 1. The minimum Gasteiger partial charge on any atom is -0.440 e. The Kier molecular flexibility index (Phi) is 3.07. The van der Waals surface area contributed by atoms with Crippen molar-refractivity contribution in [1.82, 2.24) is 15.0 Å². The van der Waals surface area contributed by atoms with E-state index in [1.54, 1.807) is 18.2 Å². The van der Waals surface area contributed by atoms with Gasteiger partial charge in [-0.15, -0.1) is 0 Å². The Balaban J connectivity index is 1.83. The third-order valence-electron chi connectivity index (χ3n) is 2.57. The Morgan fingerprint density at radius 1 is 1.30 bits per heavy atom. The predicted octanol–water partition coefficient (Wildman–Crippen LogP) is 1.37. The fraction of sp³-hybridized carbons (Fsp3) is 0.0833. The lowest BCUT2D eigenvalue weighted by Gasteiger charge is -1.98. The highest BCUT2D eigenvalue weighted by Gasteiger charge is 2.09. The van der Waals surface area contributed by atoms with Gasteiger partial charge in [0.2, 0.25) is 5.89 Å². The molecule has 0 aliphatic rings. The summed E-state index contributed by atoms with van der Waals surface area (Å²) in [6.45, 7) is 0. The van der Waals surface area contributed by atoms with E-state index >= 15 is 0 Å². The molecule has 0 unspecified atom stereocenters. The maximum absolute atomic E-state index is 11.3. The molecule has 7 nitrogen and oxygen atoms in total. The van der Waals surface area contributed by atoms with Gasteiger partial charge in [-0.2, -0.15) is 0 Å². The molecule has 2 aromatic heterocycles. The standard InChI is InChI=1S/C12H11N5O2S/c13-6-2-1-3-7-11(6)17-10(19-7)5-20-12-15-8(14)4-9(18)16-12/h1-4H,5,13H2,(H3,14,15,16,18). The van der Waals surface area contributed by atoms with Gasteiger partial charge in [0, 0.05) is 6.07 Å². The number of aromatic nitrogens is 3. The van der Waals surface area contributed by atoms with Crippen molar-refractivity contribution in [3.05, 3.63) is 40.5 Å². The second kappa shape index (κ2) is 4.89. The molecule has 0 radical (unpaired) electrons. The van der Waals surface area contributed by atoms with Crippen molar-refractivity contribution >= 4 is 34.4 Å². The van der Waals surface area contributed by atoms with Crippen molar-refractivity contribution in [2.45, 2.75) is 10.9 Å². The fourth-order valence-corrected chi connectivity index (χ4v) is 2.46. The van der Waals surface area contributed by atoms with Gasteiger partial charge in [0.25, 0.3) is 5.56 Å². The van der Waals surface area contributed by atoms with E-state index in [1.165, 1.54) is 17.8 Å². The van der Waals surface area contributed by atoms with Crippen LogP contribution in [0.4, 0.5) is 11.5 Å². The van der Waals surface area contributed by atoms with Gasteiger partial charge < -0.3 is 20.9 Å². The molecule has 5 N–H and O–H groups in total. The Bertz CT molecular complexity index is 826. The van der Waals surface area contributed by atoms with Crippen molar-refractivity contribution in [3.63, 3.8) is 0 Å². The van der Waals surface area contributed by atoms with Crippen LogP contribution in [0.2, 0.25) is 0 Å². The number of rotatable bonds is 3. The van der Waals surface area contributed by atoms with E-state index in [0.29, 0.717) is 33.6 Å². The van der Waals surface area contributed by atoms with Gasteiger partial charge in [-0.3, -0.25) is 4.79 Å². The van der Waals surface area contributed by atoms with Crippen molar-refractivity contribution in [2.24, 2.45) is 0 Å². The number of benzene rings is 1. The number of oxazole rings is 1. The van der Waals surface area contributed by atoms with Crippen LogP contribution < -0.4 is 17.0 Å². The average molecular weight is 289 g/mol. The number of nitrogen functional groups attached to an aromatic ring is 2. The molecule has 1 aromatic carbocycles. The number of para-hydroxylation sites is 1. The summed E-state index contributed by atoms with van der Waals surface area (Å²) in [6, 6.07) is 6.59. The Morgan fingerprint density at radius 2 is 2.15 bits per heavy atom. The number of thioether (sulfide) groups is 1. The van der Waals surface area contributed by atoms with Crippen LogP contribution in [0.3, 0.4) is 0 Å². The first-order valence-electron chi connectivity index (χ1n) is 5.75. The fourth-order valence-electron chi connectivity index (χ4n) is 1.73. The van der Waals surface area contributed by atoms with Gasteiger partial charge in [-0.25, -0.2) is 9.97 Å². The monoisotopic (exact) mass is 289 g/mol. The van der Waals surface area contributed by atoms with E-state index in [1.807, 2.05) is 0 Å². The molecule has 8 heteroatoms. The Labute approximate surface area is 117 Å². The molecule has 0 aliphatic carbocycles. The van der Waals surface area contributed by atoms with Gasteiger partial charge in [0.05, 0.1) is 11.4 Å². The van der Waals surface area contributed by atoms with E-state index in [9.17, 15) is 4.79 Å². The molecule has 0 saturated carbocycles. The molecule has 2 heterocycles. The number of nitrogens with zero attached hydrogens (tertiary/aromatic N) is 2. The molecular formula is C12H11N5O2S. The molecule has 0 saturated heterocycles. The number of hydrogen-bond acceptors (Lipinski definition) is 7. The van der Waals surface area contributed by atoms with Crippen LogP contribution in [0.15, 0.2) is 38.6 Å². The van der Waals surface area contributed by atoms with Crippen molar-refractivity contribution in [3.8, 4) is 0 Å². The molecule has 0 spiro atoms. The summed E-state index contributed by atoms with van der Waals surface area (Å²) < 4.78 is 5.57. The van der Waals surface area contributed by atoms with Crippen LogP contribution in [0.5, 0.6) is 0 Å². The number of nitrogens with one attached hydrogen (secondary N) is 1. The summed E-state index contributed by atoms with van der Waals surface area (Å²) in [4.78, 5) is 22.2. The van der Waals surface area contributed by atoms with Crippen LogP contribution in [0.25, 0.3) is 11.1 Å². The van der Waals surface area contributed by atoms with E-state index < -0.39 is 0 Å². The summed E-state index contributed by atoms with van der Waals surface area (Å²) in [5, 5.41) is 0.422. The lowest BCUT2D eigenvalue weighted by atomic mass is 10.3. The third kappa shape index (κ3) is 2.45. The van der Waals surface area contributed by atoms with E-state index in [0.717, 1.165) is 0 Å². The van der Waals surface area contributed by atoms with Gasteiger partial charge in [0.15, 0.2) is 10.7 Å². The summed E-state index contributed by atoms with van der Waals surface area (Å²) >= 11 is 1.28. The first-order chi connectivity index (χ1) is 9.61. The predicted molar refractivity (Wildman–Crippen MR) is 77.3 cm³/mol. The zero-order valence-electron chi connectivity index (χ0n) is 10.3. The van der Waals surface area contributed by atoms with Crippen molar-refractivity contribution < 1.29 is 4.42 Å². The van der Waals surface area contributed by atoms with Crippen LogP contribution in [0, 0.1) is 0 Å². The molecule has 0 amide bonds. The summed E-state index contributed by atoms with van der Waals surface area (Å²) in [5.74, 6) is 1.10. The maximum atomic E-state index is 11.3. The molecule has 0 bridgehead atoms. The smallest absolute Gasteiger partial charge is 0.253 e. The largest absolute Gasteiger partial charge is 0.440 e. The highest BCUT2D eigenvalue weighted by molar-refractivity contribution is 7.98. The second-order valence-electron chi connectivity index (χ2n) is 4.07. The molecule has 0 aliphatic heterocycles. The zero-order valence-corrected chi connectivity index (χ0v) is 11.1. The molecule has 20 heavy (non-hydrogen) atoms. The quantitative estimate of drug-likeness (QED) is 0.378. The second-order valence-corrected chi connectivity index (χ2v) is 5.03. The van der Waals surface area contributed by atoms with E-state index in [-0.39, 0.29) is 11.4 Å². The van der Waals surface area contributed by atoms with Crippen molar-refractivity contribution in [1.29, 1.82) is 0 Å². The maximum Gasteiger partial charge on any atom is 0.253 e. The minimum absolute atomic E-state index is 0.179. The van der Waals surface area contributed by atoms with E-state index in [2.05, 4.69) is 15.0 Å². The number of nitrogens with two attached hydrogens (primary N) is 2. The lowest BCUT2D eigenvalue weighted by molar-refractivity contribution is 0.556. The summed E-state index contributed by atoms with van der Waals surface area (Å²) in [7, 11) is 0. The number of anilines is 2. The van der Waals surface area contributed by atoms with E-state index in [4.69, 9.17) is 15.9 Å². The van der Waals surface area contributed by atoms with Crippen LogP contribution in [-0.2, 0) is 5.75 Å². The topological polar surface area (TPSA) is 124 Å². The molecular weight excluding hydrogens is 278 g/mol.